The van der Waals surface area contributed by atoms with Crippen molar-refractivity contribution in [3.63, 3.8) is 0 Å². The SMILES string of the molecule is C/C=C\NCc1ccc(C(C)N)cc1N1CCC(C(=O)OCC)CC1. The summed E-state index contributed by atoms with van der Waals surface area (Å²) in [4.78, 5) is 14.3. The number of nitrogens with one attached hydrogen (secondary N) is 1. The molecule has 5 heteroatoms. The molecular formula is C20H31N3O2. The molecule has 1 fully saturated rings. The van der Waals surface area contributed by atoms with E-state index in [4.69, 9.17) is 10.5 Å². The van der Waals surface area contributed by atoms with Crippen LogP contribution in [0, 0.1) is 5.92 Å². The normalized spacial score (nSPS) is 16.9. The molecule has 0 radical (unpaired) electrons. The number of hydrogen-bond donors (Lipinski definition) is 2. The molecule has 1 heterocycles. The van der Waals surface area contributed by atoms with Crippen molar-refractivity contribution in [2.75, 3.05) is 24.6 Å². The van der Waals surface area contributed by atoms with Crippen LogP contribution in [0.4, 0.5) is 5.69 Å². The Morgan fingerprint density at radius 3 is 2.76 bits per heavy atom. The number of rotatable bonds is 7. The summed E-state index contributed by atoms with van der Waals surface area (Å²) in [6, 6.07) is 6.46. The fourth-order valence-electron chi connectivity index (χ4n) is 3.21. The summed E-state index contributed by atoms with van der Waals surface area (Å²) >= 11 is 0. The Kier molecular flexibility index (Phi) is 7.31. The third-order valence-electron chi connectivity index (χ3n) is 4.67. The summed E-state index contributed by atoms with van der Waals surface area (Å²) in [5, 5.41) is 3.31. The molecule has 25 heavy (non-hydrogen) atoms. The minimum Gasteiger partial charge on any atom is -0.466 e. The third-order valence-corrected chi connectivity index (χ3v) is 4.67. The highest BCUT2D eigenvalue weighted by molar-refractivity contribution is 5.73. The summed E-state index contributed by atoms with van der Waals surface area (Å²) in [6.45, 7) is 8.81. The summed E-state index contributed by atoms with van der Waals surface area (Å²) in [5.41, 5.74) is 9.67. The second kappa shape index (κ2) is 9.47. The molecule has 0 amide bonds. The first-order valence-corrected chi connectivity index (χ1v) is 9.21. The van der Waals surface area contributed by atoms with E-state index in [9.17, 15) is 4.79 Å². The first-order chi connectivity index (χ1) is 12.1. The van der Waals surface area contributed by atoms with Gasteiger partial charge in [-0.1, -0.05) is 18.2 Å². The molecule has 2 rings (SSSR count). The van der Waals surface area contributed by atoms with Gasteiger partial charge in [-0.2, -0.15) is 0 Å². The first kappa shape index (κ1) is 19.3. The Balaban J connectivity index is 2.13. The van der Waals surface area contributed by atoms with Crippen LogP contribution in [-0.2, 0) is 16.1 Å². The van der Waals surface area contributed by atoms with Gasteiger partial charge in [0.2, 0.25) is 0 Å². The molecule has 0 bridgehead atoms. The van der Waals surface area contributed by atoms with E-state index in [-0.39, 0.29) is 17.9 Å². The van der Waals surface area contributed by atoms with Gasteiger partial charge in [-0.05, 0) is 57.0 Å². The molecule has 1 unspecified atom stereocenters. The Labute approximate surface area is 151 Å². The molecule has 1 saturated heterocycles. The number of nitrogens with zero attached hydrogens (tertiary/aromatic N) is 1. The van der Waals surface area contributed by atoms with Gasteiger partial charge in [0.25, 0.3) is 0 Å². The van der Waals surface area contributed by atoms with Crippen molar-refractivity contribution in [3.05, 3.63) is 41.6 Å². The van der Waals surface area contributed by atoms with Gasteiger partial charge in [-0.25, -0.2) is 0 Å². The molecule has 0 saturated carbocycles. The predicted molar refractivity (Wildman–Crippen MR) is 102 cm³/mol. The molecule has 1 aliphatic heterocycles. The molecule has 5 nitrogen and oxygen atoms in total. The van der Waals surface area contributed by atoms with Crippen molar-refractivity contribution in [1.29, 1.82) is 0 Å². The maximum absolute atomic E-state index is 12.0. The predicted octanol–water partition coefficient (Wildman–Crippen LogP) is 3.11. The highest BCUT2D eigenvalue weighted by Gasteiger charge is 2.27. The second-order valence-electron chi connectivity index (χ2n) is 6.57. The monoisotopic (exact) mass is 345 g/mol. The standard InChI is InChI=1S/C20H31N3O2/c1-4-10-22-14-18-7-6-17(15(3)21)13-19(18)23-11-8-16(9-12-23)20(24)25-5-2/h4,6-7,10,13,15-16,22H,5,8-9,11-12,14,21H2,1-3H3/b10-4-. The van der Waals surface area contributed by atoms with E-state index in [1.165, 1.54) is 11.3 Å². The lowest BCUT2D eigenvalue weighted by Crippen LogP contribution is -2.37. The number of ether oxygens (including phenoxy) is 1. The molecule has 138 valence electrons. The largest absolute Gasteiger partial charge is 0.466 e. The first-order valence-electron chi connectivity index (χ1n) is 9.21. The van der Waals surface area contributed by atoms with Gasteiger partial charge in [0.05, 0.1) is 12.5 Å². The number of benzene rings is 1. The highest BCUT2D eigenvalue weighted by atomic mass is 16.5. The number of hydrogen-bond acceptors (Lipinski definition) is 5. The number of piperidine rings is 1. The van der Waals surface area contributed by atoms with E-state index in [0.29, 0.717) is 6.61 Å². The molecular weight excluding hydrogens is 314 g/mol. The van der Waals surface area contributed by atoms with Gasteiger partial charge < -0.3 is 20.7 Å². The smallest absolute Gasteiger partial charge is 0.309 e. The van der Waals surface area contributed by atoms with Crippen molar-refractivity contribution in [3.8, 4) is 0 Å². The maximum atomic E-state index is 12.0. The summed E-state index contributed by atoms with van der Waals surface area (Å²) < 4.78 is 5.17. The van der Waals surface area contributed by atoms with Crippen molar-refractivity contribution in [2.45, 2.75) is 46.2 Å². The fraction of sp³-hybridized carbons (Fsp3) is 0.550. The molecule has 3 N–H and O–H groups in total. The highest BCUT2D eigenvalue weighted by Crippen LogP contribution is 2.29. The molecule has 1 aromatic carbocycles. The number of carbonyl (C=O) groups excluding carboxylic acids is 1. The molecule has 0 aliphatic carbocycles. The zero-order chi connectivity index (χ0) is 18.2. The van der Waals surface area contributed by atoms with Crippen LogP contribution in [0.25, 0.3) is 0 Å². The summed E-state index contributed by atoms with van der Waals surface area (Å²) in [5.74, 6) is -0.0288. The lowest BCUT2D eigenvalue weighted by Gasteiger charge is -2.34. The minimum atomic E-state index is -0.0542. The zero-order valence-corrected chi connectivity index (χ0v) is 15.6. The number of allylic oxidation sites excluding steroid dienone is 1. The van der Waals surface area contributed by atoms with Gasteiger partial charge in [0.15, 0.2) is 0 Å². The number of nitrogens with two attached hydrogens (primary N) is 1. The number of esters is 1. The number of carbonyl (C=O) groups is 1. The Morgan fingerprint density at radius 2 is 2.16 bits per heavy atom. The number of anilines is 1. The van der Waals surface area contributed by atoms with E-state index in [1.54, 1.807) is 0 Å². The van der Waals surface area contributed by atoms with Crippen molar-refractivity contribution >= 4 is 11.7 Å². The lowest BCUT2D eigenvalue weighted by molar-refractivity contribution is -0.148. The van der Waals surface area contributed by atoms with Crippen LogP contribution in [0.5, 0.6) is 0 Å². The van der Waals surface area contributed by atoms with Crippen LogP contribution in [0.1, 0.15) is 50.8 Å². The van der Waals surface area contributed by atoms with Crippen LogP contribution in [0.15, 0.2) is 30.5 Å². The third kappa shape index (κ3) is 5.23. The summed E-state index contributed by atoms with van der Waals surface area (Å²) in [6.07, 6.45) is 5.61. The van der Waals surface area contributed by atoms with Crippen LogP contribution in [-0.4, -0.2) is 25.7 Å². The van der Waals surface area contributed by atoms with Gasteiger partial charge >= 0.3 is 5.97 Å². The van der Waals surface area contributed by atoms with E-state index < -0.39 is 0 Å². The van der Waals surface area contributed by atoms with Crippen LogP contribution < -0.4 is 16.0 Å². The Hall–Kier alpha value is -2.01. The van der Waals surface area contributed by atoms with Crippen LogP contribution in [0.2, 0.25) is 0 Å². The second-order valence-corrected chi connectivity index (χ2v) is 6.57. The van der Waals surface area contributed by atoms with Crippen molar-refractivity contribution in [1.82, 2.24) is 5.32 Å². The maximum Gasteiger partial charge on any atom is 0.309 e. The average Bonchev–Trinajstić information content (AvgIpc) is 2.62. The van der Waals surface area contributed by atoms with E-state index in [1.807, 2.05) is 33.0 Å². The molecule has 0 spiro atoms. The molecule has 1 aromatic rings. The van der Waals surface area contributed by atoms with E-state index in [0.717, 1.165) is 38.0 Å². The molecule has 1 aliphatic rings. The zero-order valence-electron chi connectivity index (χ0n) is 15.6. The minimum absolute atomic E-state index is 0.00775. The van der Waals surface area contributed by atoms with Crippen LogP contribution >= 0.6 is 0 Å². The average molecular weight is 345 g/mol. The fourth-order valence-corrected chi connectivity index (χ4v) is 3.21. The quantitative estimate of drug-likeness (QED) is 0.743. The van der Waals surface area contributed by atoms with E-state index >= 15 is 0 Å². The van der Waals surface area contributed by atoms with Crippen molar-refractivity contribution in [2.24, 2.45) is 11.7 Å². The van der Waals surface area contributed by atoms with Crippen LogP contribution in [0.3, 0.4) is 0 Å². The molecule has 1 atom stereocenters. The summed E-state index contributed by atoms with van der Waals surface area (Å²) in [7, 11) is 0. The topological polar surface area (TPSA) is 67.6 Å². The Bertz CT molecular complexity index is 591. The van der Waals surface area contributed by atoms with E-state index in [2.05, 4.69) is 28.4 Å². The molecule has 0 aromatic heterocycles. The lowest BCUT2D eigenvalue weighted by atomic mass is 9.95. The van der Waals surface area contributed by atoms with Gasteiger partial charge in [0, 0.05) is 31.4 Å². The van der Waals surface area contributed by atoms with Crippen molar-refractivity contribution < 1.29 is 9.53 Å². The van der Waals surface area contributed by atoms with Gasteiger partial charge in [-0.15, -0.1) is 0 Å². The Morgan fingerprint density at radius 1 is 1.44 bits per heavy atom. The van der Waals surface area contributed by atoms with Gasteiger partial charge in [-0.3, -0.25) is 4.79 Å². The van der Waals surface area contributed by atoms with Gasteiger partial charge in [0.1, 0.15) is 0 Å².